The van der Waals surface area contributed by atoms with Gasteiger partial charge in [-0.1, -0.05) is 17.3 Å². The third-order valence-corrected chi connectivity index (χ3v) is 2.93. The predicted octanol–water partition coefficient (Wildman–Crippen LogP) is 2.35. The minimum atomic E-state index is -4.72. The lowest BCUT2D eigenvalue weighted by Gasteiger charge is -2.04. The Morgan fingerprint density at radius 3 is 2.42 bits per heavy atom. The first kappa shape index (κ1) is 17.4. The number of hydrogen-bond acceptors (Lipinski definition) is 5. The quantitative estimate of drug-likeness (QED) is 0.780. The molecule has 2 aromatic rings. The van der Waals surface area contributed by atoms with Crippen LogP contribution in [0.2, 0.25) is 0 Å². The Labute approximate surface area is 133 Å². The molecule has 1 aromatic heterocycles. The molecule has 0 aliphatic rings. The van der Waals surface area contributed by atoms with Crippen molar-refractivity contribution < 1.29 is 32.4 Å². The molecule has 10 heteroatoms. The maximum Gasteiger partial charge on any atom is 0.471 e. The summed E-state index contributed by atoms with van der Waals surface area (Å²) in [6, 6.07) is 5.56. The number of halogens is 3. The topological polar surface area (TPSA) is 105 Å². The van der Waals surface area contributed by atoms with Crippen molar-refractivity contribution in [1.29, 1.82) is 0 Å². The molecule has 0 aliphatic carbocycles. The average molecular weight is 343 g/mol. The Kier molecular flexibility index (Phi) is 5.17. The van der Waals surface area contributed by atoms with Gasteiger partial charge in [0, 0.05) is 24.1 Å². The molecule has 1 aromatic carbocycles. The average Bonchev–Trinajstić information content (AvgIpc) is 3.01. The van der Waals surface area contributed by atoms with Gasteiger partial charge in [-0.2, -0.15) is 18.2 Å². The number of rotatable bonds is 6. The summed E-state index contributed by atoms with van der Waals surface area (Å²) in [7, 11) is 0. The van der Waals surface area contributed by atoms with Crippen LogP contribution in [-0.2, 0) is 11.0 Å². The highest BCUT2D eigenvalue weighted by Gasteiger charge is 2.38. The van der Waals surface area contributed by atoms with Crippen molar-refractivity contribution in [3.8, 4) is 11.4 Å². The maximum absolute atomic E-state index is 12.4. The van der Waals surface area contributed by atoms with Crippen LogP contribution < -0.4 is 5.32 Å². The smallest absolute Gasteiger partial charge is 0.471 e. The van der Waals surface area contributed by atoms with Gasteiger partial charge in [0.15, 0.2) is 0 Å². The second-order valence-electron chi connectivity index (χ2n) is 4.75. The first-order chi connectivity index (χ1) is 11.3. The van der Waals surface area contributed by atoms with E-state index in [9.17, 15) is 22.8 Å². The fourth-order valence-electron chi connectivity index (χ4n) is 1.77. The van der Waals surface area contributed by atoms with Crippen molar-refractivity contribution >= 4 is 11.9 Å². The lowest BCUT2D eigenvalue weighted by molar-refractivity contribution is -0.159. The largest absolute Gasteiger partial charge is 0.481 e. The molecule has 2 N–H and O–H groups in total. The van der Waals surface area contributed by atoms with Crippen molar-refractivity contribution in [2.24, 2.45) is 0 Å². The fraction of sp³-hybridized carbons (Fsp3) is 0.286. The Morgan fingerprint density at radius 1 is 1.21 bits per heavy atom. The zero-order valence-electron chi connectivity index (χ0n) is 12.1. The van der Waals surface area contributed by atoms with E-state index in [1.807, 2.05) is 0 Å². The standard InChI is InChI=1S/C14H12F3N3O4/c15-14(16,17)13-19-11(20-24-13)8-3-5-9(6-4-8)12(23)18-7-1-2-10(21)22/h3-6H,1-2,7H2,(H,18,23)(H,21,22). The zero-order chi connectivity index (χ0) is 17.7. The summed E-state index contributed by atoms with van der Waals surface area (Å²) in [6.45, 7) is 0.201. The summed E-state index contributed by atoms with van der Waals surface area (Å²) < 4.78 is 41.3. The van der Waals surface area contributed by atoms with Crippen molar-refractivity contribution in [2.75, 3.05) is 6.54 Å². The third kappa shape index (κ3) is 4.54. The van der Waals surface area contributed by atoms with E-state index >= 15 is 0 Å². The Morgan fingerprint density at radius 2 is 1.88 bits per heavy atom. The van der Waals surface area contributed by atoms with E-state index in [1.54, 1.807) is 0 Å². The number of alkyl halides is 3. The van der Waals surface area contributed by atoms with E-state index in [0.717, 1.165) is 0 Å². The van der Waals surface area contributed by atoms with E-state index in [1.165, 1.54) is 24.3 Å². The predicted molar refractivity (Wildman–Crippen MR) is 73.9 cm³/mol. The second-order valence-corrected chi connectivity index (χ2v) is 4.75. The molecule has 1 heterocycles. The number of carboxylic acids is 1. The number of nitrogens with zero attached hydrogens (tertiary/aromatic N) is 2. The normalized spacial score (nSPS) is 11.3. The molecule has 128 valence electrons. The van der Waals surface area contributed by atoms with Gasteiger partial charge < -0.3 is 14.9 Å². The van der Waals surface area contributed by atoms with Crippen LogP contribution in [0.5, 0.6) is 0 Å². The molecular formula is C14H12F3N3O4. The van der Waals surface area contributed by atoms with Crippen molar-refractivity contribution in [2.45, 2.75) is 19.0 Å². The number of benzene rings is 1. The Hall–Kier alpha value is -2.91. The van der Waals surface area contributed by atoms with Crippen LogP contribution in [0.4, 0.5) is 13.2 Å². The molecule has 0 saturated heterocycles. The number of carboxylic acid groups (broad SMARTS) is 1. The van der Waals surface area contributed by atoms with Crippen LogP contribution in [0, 0.1) is 0 Å². The third-order valence-electron chi connectivity index (χ3n) is 2.93. The first-order valence-corrected chi connectivity index (χ1v) is 6.78. The molecular weight excluding hydrogens is 331 g/mol. The number of carbonyl (C=O) groups excluding carboxylic acids is 1. The molecule has 7 nitrogen and oxygen atoms in total. The minimum absolute atomic E-state index is 0.0570. The molecule has 0 bridgehead atoms. The first-order valence-electron chi connectivity index (χ1n) is 6.78. The van der Waals surface area contributed by atoms with Crippen LogP contribution in [0.3, 0.4) is 0 Å². The molecule has 0 fully saturated rings. The molecule has 1 amide bonds. The van der Waals surface area contributed by atoms with E-state index in [0.29, 0.717) is 6.42 Å². The van der Waals surface area contributed by atoms with Gasteiger partial charge in [-0.05, 0) is 18.6 Å². The van der Waals surface area contributed by atoms with Gasteiger partial charge in [-0.25, -0.2) is 0 Å². The molecule has 0 atom stereocenters. The van der Waals surface area contributed by atoms with E-state index in [-0.39, 0.29) is 29.9 Å². The molecule has 0 aliphatic heterocycles. The molecule has 0 saturated carbocycles. The molecule has 0 radical (unpaired) electrons. The molecule has 0 spiro atoms. The van der Waals surface area contributed by atoms with Gasteiger partial charge in [0.2, 0.25) is 5.82 Å². The van der Waals surface area contributed by atoms with E-state index < -0.39 is 23.9 Å². The van der Waals surface area contributed by atoms with E-state index in [2.05, 4.69) is 20.0 Å². The van der Waals surface area contributed by atoms with Crippen molar-refractivity contribution in [1.82, 2.24) is 15.5 Å². The number of carbonyl (C=O) groups is 2. The van der Waals surface area contributed by atoms with Gasteiger partial charge in [0.05, 0.1) is 0 Å². The lowest BCUT2D eigenvalue weighted by atomic mass is 10.1. The number of amides is 1. The summed E-state index contributed by atoms with van der Waals surface area (Å²) in [5, 5.41) is 14.3. The highest BCUT2D eigenvalue weighted by molar-refractivity contribution is 5.94. The highest BCUT2D eigenvalue weighted by Crippen LogP contribution is 2.29. The monoisotopic (exact) mass is 343 g/mol. The van der Waals surface area contributed by atoms with Gasteiger partial charge >= 0.3 is 18.0 Å². The summed E-state index contributed by atoms with van der Waals surface area (Å²) in [5.74, 6) is -3.06. The summed E-state index contributed by atoms with van der Waals surface area (Å²) >= 11 is 0. The number of aliphatic carboxylic acids is 1. The SMILES string of the molecule is O=C(O)CCCNC(=O)c1ccc(-c2noc(C(F)(F)F)n2)cc1. The lowest BCUT2D eigenvalue weighted by Crippen LogP contribution is -2.24. The number of nitrogens with one attached hydrogen (secondary N) is 1. The van der Waals surface area contributed by atoms with Crippen LogP contribution in [0.15, 0.2) is 28.8 Å². The zero-order valence-corrected chi connectivity index (χ0v) is 12.1. The molecule has 24 heavy (non-hydrogen) atoms. The van der Waals surface area contributed by atoms with Crippen molar-refractivity contribution in [3.05, 3.63) is 35.7 Å². The van der Waals surface area contributed by atoms with Gasteiger partial charge in [-0.15, -0.1) is 0 Å². The maximum atomic E-state index is 12.4. The summed E-state index contributed by atoms with van der Waals surface area (Å²) in [6.07, 6.45) is -4.48. The number of hydrogen-bond donors (Lipinski definition) is 2. The van der Waals surface area contributed by atoms with E-state index in [4.69, 9.17) is 5.11 Å². The van der Waals surface area contributed by atoms with Gasteiger partial charge in [-0.3, -0.25) is 9.59 Å². The van der Waals surface area contributed by atoms with Crippen molar-refractivity contribution in [3.63, 3.8) is 0 Å². The molecule has 2 rings (SSSR count). The Bertz CT molecular complexity index is 726. The van der Waals surface area contributed by atoms with Crippen LogP contribution in [0.25, 0.3) is 11.4 Å². The minimum Gasteiger partial charge on any atom is -0.481 e. The summed E-state index contributed by atoms with van der Waals surface area (Å²) in [4.78, 5) is 25.4. The highest BCUT2D eigenvalue weighted by atomic mass is 19.4. The summed E-state index contributed by atoms with van der Waals surface area (Å²) in [5.41, 5.74) is 0.533. The van der Waals surface area contributed by atoms with Crippen LogP contribution >= 0.6 is 0 Å². The van der Waals surface area contributed by atoms with Gasteiger partial charge in [0.1, 0.15) is 0 Å². The molecule has 0 unspecified atom stereocenters. The fourth-order valence-corrected chi connectivity index (χ4v) is 1.77. The second kappa shape index (κ2) is 7.11. The van der Waals surface area contributed by atoms with Gasteiger partial charge in [0.25, 0.3) is 5.91 Å². The Balaban J connectivity index is 1.98. The number of aromatic nitrogens is 2. The van der Waals surface area contributed by atoms with Crippen LogP contribution in [0.1, 0.15) is 29.1 Å². The van der Waals surface area contributed by atoms with Crippen LogP contribution in [-0.4, -0.2) is 33.7 Å².